The van der Waals surface area contributed by atoms with Crippen molar-refractivity contribution >= 4 is 35.2 Å². The molecule has 0 saturated carbocycles. The van der Waals surface area contributed by atoms with Crippen molar-refractivity contribution < 1.29 is 14.4 Å². The van der Waals surface area contributed by atoms with Crippen molar-refractivity contribution in [2.45, 2.75) is 0 Å². The summed E-state index contributed by atoms with van der Waals surface area (Å²) in [6.45, 7) is 0. The highest BCUT2D eigenvalue weighted by Crippen LogP contribution is 2.26. The lowest BCUT2D eigenvalue weighted by Gasteiger charge is -2.11. The molecule has 3 rings (SSSR count). The van der Waals surface area contributed by atoms with Gasteiger partial charge in [-0.25, -0.2) is 4.79 Å². The van der Waals surface area contributed by atoms with E-state index in [1.165, 1.54) is 6.08 Å². The van der Waals surface area contributed by atoms with Gasteiger partial charge in [-0.3, -0.25) is 4.79 Å². The number of nitrogens with zero attached hydrogens (tertiary/aromatic N) is 1. The maximum absolute atomic E-state index is 12.3. The minimum Gasteiger partial charge on any atom is -0.327 e. The van der Waals surface area contributed by atoms with E-state index in [2.05, 4.69) is 0 Å². The quantitative estimate of drug-likeness (QED) is 0.632. The SMILES string of the molecule is O=C1ON(c2ccc(Cl)cc2)C(=O)C1=Cc1ccccc1. The van der Waals surface area contributed by atoms with Gasteiger partial charge < -0.3 is 4.84 Å². The Bertz CT molecular complexity index is 723. The average molecular weight is 300 g/mol. The van der Waals surface area contributed by atoms with Gasteiger partial charge in [-0.05, 0) is 35.9 Å². The number of halogens is 1. The van der Waals surface area contributed by atoms with E-state index in [9.17, 15) is 9.59 Å². The van der Waals surface area contributed by atoms with Gasteiger partial charge in [0, 0.05) is 5.02 Å². The van der Waals surface area contributed by atoms with E-state index in [0.717, 1.165) is 10.6 Å². The first-order valence-corrected chi connectivity index (χ1v) is 6.62. The van der Waals surface area contributed by atoms with Gasteiger partial charge in [0.05, 0.1) is 5.69 Å². The summed E-state index contributed by atoms with van der Waals surface area (Å²) in [7, 11) is 0. The molecule has 0 spiro atoms. The topological polar surface area (TPSA) is 46.6 Å². The summed E-state index contributed by atoms with van der Waals surface area (Å²) in [5.41, 5.74) is 1.21. The highest BCUT2D eigenvalue weighted by atomic mass is 35.5. The summed E-state index contributed by atoms with van der Waals surface area (Å²) in [6.07, 6.45) is 1.51. The first kappa shape index (κ1) is 13.4. The zero-order valence-corrected chi connectivity index (χ0v) is 11.6. The second-order valence-corrected chi connectivity index (χ2v) is 4.86. The van der Waals surface area contributed by atoms with Gasteiger partial charge in [-0.15, -0.1) is 5.06 Å². The molecule has 1 amide bonds. The lowest BCUT2D eigenvalue weighted by molar-refractivity contribution is -0.137. The van der Waals surface area contributed by atoms with Crippen LogP contribution in [0.5, 0.6) is 0 Å². The third kappa shape index (κ3) is 2.66. The molecule has 2 aromatic rings. The second kappa shape index (κ2) is 5.42. The summed E-state index contributed by atoms with van der Waals surface area (Å²) in [5, 5.41) is 1.50. The standard InChI is InChI=1S/C16H10ClNO3/c17-12-6-8-13(9-7-12)18-15(19)14(16(20)21-18)10-11-4-2-1-3-5-11/h1-10H. The number of hydroxylamine groups is 1. The summed E-state index contributed by atoms with van der Waals surface area (Å²) in [6, 6.07) is 15.6. The van der Waals surface area contributed by atoms with Crippen molar-refractivity contribution in [2.24, 2.45) is 0 Å². The molecule has 0 bridgehead atoms. The number of benzene rings is 2. The monoisotopic (exact) mass is 299 g/mol. The molecule has 1 fully saturated rings. The van der Waals surface area contributed by atoms with Crippen LogP contribution in [-0.2, 0) is 14.4 Å². The van der Waals surface area contributed by atoms with E-state index in [1.807, 2.05) is 18.2 Å². The van der Waals surface area contributed by atoms with Crippen LogP contribution < -0.4 is 5.06 Å². The molecule has 4 nitrogen and oxygen atoms in total. The van der Waals surface area contributed by atoms with Crippen LogP contribution in [0.3, 0.4) is 0 Å². The number of anilines is 1. The van der Waals surface area contributed by atoms with E-state index < -0.39 is 11.9 Å². The Morgan fingerprint density at radius 1 is 0.952 bits per heavy atom. The zero-order chi connectivity index (χ0) is 14.8. The Morgan fingerprint density at radius 2 is 1.62 bits per heavy atom. The third-order valence-corrected chi connectivity index (χ3v) is 3.23. The fraction of sp³-hybridized carbons (Fsp3) is 0. The highest BCUT2D eigenvalue weighted by molar-refractivity contribution is 6.31. The van der Waals surface area contributed by atoms with E-state index >= 15 is 0 Å². The fourth-order valence-electron chi connectivity index (χ4n) is 1.95. The van der Waals surface area contributed by atoms with Crippen LogP contribution in [0.2, 0.25) is 5.02 Å². The molecule has 1 aliphatic rings. The Balaban J connectivity index is 1.92. The second-order valence-electron chi connectivity index (χ2n) is 4.42. The molecule has 21 heavy (non-hydrogen) atoms. The molecule has 1 heterocycles. The van der Waals surface area contributed by atoms with Crippen molar-refractivity contribution in [3.63, 3.8) is 0 Å². The molecule has 1 aliphatic heterocycles. The summed E-state index contributed by atoms with van der Waals surface area (Å²) in [5.74, 6) is -1.16. The highest BCUT2D eigenvalue weighted by Gasteiger charge is 2.37. The van der Waals surface area contributed by atoms with Crippen LogP contribution in [0.4, 0.5) is 5.69 Å². The van der Waals surface area contributed by atoms with Crippen LogP contribution in [-0.4, -0.2) is 11.9 Å². The smallest absolute Gasteiger partial charge is 0.327 e. The average Bonchev–Trinajstić information content (AvgIpc) is 2.77. The van der Waals surface area contributed by atoms with E-state index in [1.54, 1.807) is 36.4 Å². The summed E-state index contributed by atoms with van der Waals surface area (Å²) >= 11 is 5.80. The molecule has 1 saturated heterocycles. The maximum Gasteiger partial charge on any atom is 0.369 e. The first-order valence-electron chi connectivity index (χ1n) is 6.24. The molecule has 2 aromatic carbocycles. The Kier molecular flexibility index (Phi) is 3.46. The van der Waals surface area contributed by atoms with Crippen LogP contribution >= 0.6 is 11.6 Å². The lowest BCUT2D eigenvalue weighted by atomic mass is 10.1. The van der Waals surface area contributed by atoms with Crippen LogP contribution in [0.1, 0.15) is 5.56 Å². The van der Waals surface area contributed by atoms with E-state index in [0.29, 0.717) is 10.7 Å². The van der Waals surface area contributed by atoms with E-state index in [4.69, 9.17) is 16.4 Å². The minimum absolute atomic E-state index is 0.00356. The van der Waals surface area contributed by atoms with Crippen molar-refractivity contribution in [1.82, 2.24) is 0 Å². The zero-order valence-electron chi connectivity index (χ0n) is 10.8. The Hall–Kier alpha value is -2.59. The number of rotatable bonds is 2. The number of amides is 1. The Morgan fingerprint density at radius 3 is 2.29 bits per heavy atom. The van der Waals surface area contributed by atoms with Gasteiger partial charge in [0.1, 0.15) is 5.57 Å². The number of hydrogen-bond donors (Lipinski definition) is 0. The normalized spacial score (nSPS) is 16.4. The Labute approximate surface area is 126 Å². The molecule has 104 valence electrons. The van der Waals surface area contributed by atoms with Crippen molar-refractivity contribution in [2.75, 3.05) is 5.06 Å². The van der Waals surface area contributed by atoms with Gasteiger partial charge in [0.2, 0.25) is 0 Å². The van der Waals surface area contributed by atoms with Crippen LogP contribution in [0, 0.1) is 0 Å². The summed E-state index contributed by atoms with van der Waals surface area (Å²) < 4.78 is 0. The predicted molar refractivity (Wildman–Crippen MR) is 79.4 cm³/mol. The third-order valence-electron chi connectivity index (χ3n) is 2.98. The first-order chi connectivity index (χ1) is 10.1. The predicted octanol–water partition coefficient (Wildman–Crippen LogP) is 3.23. The molecule has 5 heteroatoms. The molecule has 0 aromatic heterocycles. The lowest BCUT2D eigenvalue weighted by Crippen LogP contribution is -2.22. The van der Waals surface area contributed by atoms with Gasteiger partial charge in [0.15, 0.2) is 0 Å². The molecule has 0 unspecified atom stereocenters. The van der Waals surface area contributed by atoms with Gasteiger partial charge in [0.25, 0.3) is 5.91 Å². The largest absolute Gasteiger partial charge is 0.369 e. The maximum atomic E-state index is 12.3. The van der Waals surface area contributed by atoms with Crippen LogP contribution in [0.25, 0.3) is 6.08 Å². The number of carbonyl (C=O) groups excluding carboxylic acids is 2. The molecule has 0 radical (unpaired) electrons. The molecule has 0 atom stereocenters. The fourth-order valence-corrected chi connectivity index (χ4v) is 2.08. The molecule has 0 N–H and O–H groups in total. The van der Waals surface area contributed by atoms with Crippen LogP contribution in [0.15, 0.2) is 60.2 Å². The molecular formula is C16H10ClNO3. The van der Waals surface area contributed by atoms with Crippen molar-refractivity contribution in [3.8, 4) is 0 Å². The van der Waals surface area contributed by atoms with Gasteiger partial charge in [-0.2, -0.15) is 0 Å². The number of carbonyl (C=O) groups is 2. The number of hydrogen-bond acceptors (Lipinski definition) is 3. The van der Waals surface area contributed by atoms with Crippen molar-refractivity contribution in [3.05, 3.63) is 70.8 Å². The van der Waals surface area contributed by atoms with E-state index in [-0.39, 0.29) is 5.57 Å². The minimum atomic E-state index is -0.668. The van der Waals surface area contributed by atoms with Crippen molar-refractivity contribution in [1.29, 1.82) is 0 Å². The van der Waals surface area contributed by atoms with Gasteiger partial charge >= 0.3 is 5.97 Å². The molecular weight excluding hydrogens is 290 g/mol. The molecule has 0 aliphatic carbocycles. The summed E-state index contributed by atoms with van der Waals surface area (Å²) in [4.78, 5) is 29.2. The van der Waals surface area contributed by atoms with Gasteiger partial charge in [-0.1, -0.05) is 41.9 Å².